The monoisotopic (exact) mass is 310 g/mol. The molecule has 3 heterocycles. The first-order valence-corrected chi connectivity index (χ1v) is 7.58. The van der Waals surface area contributed by atoms with Gasteiger partial charge in [0.1, 0.15) is 9.71 Å². The molecular formula is C13H18N4O3S. The van der Waals surface area contributed by atoms with E-state index in [0.29, 0.717) is 30.3 Å². The van der Waals surface area contributed by atoms with Gasteiger partial charge < -0.3 is 20.5 Å². The van der Waals surface area contributed by atoms with Crippen molar-refractivity contribution in [2.75, 3.05) is 32.0 Å². The van der Waals surface area contributed by atoms with Gasteiger partial charge in [0.25, 0.3) is 5.91 Å². The molecule has 0 saturated carbocycles. The molecule has 0 aliphatic carbocycles. The number of nitrogens with two attached hydrogens (primary N) is 1. The van der Waals surface area contributed by atoms with E-state index in [9.17, 15) is 9.90 Å². The van der Waals surface area contributed by atoms with Gasteiger partial charge in [0.15, 0.2) is 0 Å². The van der Waals surface area contributed by atoms with Gasteiger partial charge in [0, 0.05) is 20.1 Å². The zero-order chi connectivity index (χ0) is 15.1. The fourth-order valence-electron chi connectivity index (χ4n) is 2.65. The van der Waals surface area contributed by atoms with Crippen LogP contribution in [0, 0.1) is 6.92 Å². The number of thiophene rings is 1. The summed E-state index contributed by atoms with van der Waals surface area (Å²) in [5.41, 5.74) is 7.48. The predicted molar refractivity (Wildman–Crippen MR) is 80.5 cm³/mol. The first-order chi connectivity index (χ1) is 10.0. The van der Waals surface area contributed by atoms with Crippen LogP contribution >= 0.6 is 11.3 Å². The molecule has 1 fully saturated rings. The highest BCUT2D eigenvalue weighted by molar-refractivity contribution is 7.21. The summed E-state index contributed by atoms with van der Waals surface area (Å²) in [4.78, 5) is 15.8. The number of fused-ring (bicyclic) bond motifs is 1. The molecule has 0 radical (unpaired) electrons. The molecule has 1 atom stereocenters. The second-order valence-electron chi connectivity index (χ2n) is 5.16. The number of aromatic nitrogens is 2. The summed E-state index contributed by atoms with van der Waals surface area (Å²) in [5.74, 6) is -0.102. The smallest absolute Gasteiger partial charge is 0.266 e. The average Bonchev–Trinajstić information content (AvgIpc) is 2.97. The lowest BCUT2D eigenvalue weighted by Gasteiger charge is -2.31. The normalized spacial score (nSPS) is 19.4. The largest absolute Gasteiger partial charge is 0.397 e. The molecule has 0 spiro atoms. The number of aryl methyl sites for hydroxylation is 2. The Bertz CT molecular complexity index is 693. The number of amides is 1. The van der Waals surface area contributed by atoms with E-state index >= 15 is 0 Å². The van der Waals surface area contributed by atoms with Crippen molar-refractivity contribution in [1.29, 1.82) is 0 Å². The zero-order valence-electron chi connectivity index (χ0n) is 12.0. The minimum Gasteiger partial charge on any atom is -0.397 e. The van der Waals surface area contributed by atoms with Crippen LogP contribution in [-0.2, 0) is 11.8 Å². The molecule has 1 amide bonds. The third-order valence-electron chi connectivity index (χ3n) is 3.71. The summed E-state index contributed by atoms with van der Waals surface area (Å²) in [6, 6.07) is 0. The molecule has 7 nitrogen and oxygen atoms in total. The van der Waals surface area contributed by atoms with Crippen LogP contribution in [0.3, 0.4) is 0 Å². The Morgan fingerprint density at radius 2 is 2.38 bits per heavy atom. The van der Waals surface area contributed by atoms with Crippen LogP contribution in [0.4, 0.5) is 5.69 Å². The Morgan fingerprint density at radius 1 is 1.62 bits per heavy atom. The summed E-state index contributed by atoms with van der Waals surface area (Å²) >= 11 is 1.36. The number of rotatable bonds is 2. The summed E-state index contributed by atoms with van der Waals surface area (Å²) in [6.45, 7) is 3.13. The van der Waals surface area contributed by atoms with Crippen LogP contribution in [0.2, 0.25) is 0 Å². The maximum absolute atomic E-state index is 12.7. The van der Waals surface area contributed by atoms with Gasteiger partial charge >= 0.3 is 0 Å². The Balaban J connectivity index is 1.94. The number of carbonyl (C=O) groups is 1. The Labute approximate surface area is 125 Å². The molecular weight excluding hydrogens is 292 g/mol. The highest BCUT2D eigenvalue weighted by Gasteiger charge is 2.28. The van der Waals surface area contributed by atoms with E-state index in [4.69, 9.17) is 10.5 Å². The number of anilines is 1. The van der Waals surface area contributed by atoms with Crippen molar-refractivity contribution < 1.29 is 14.6 Å². The molecule has 0 bridgehead atoms. The van der Waals surface area contributed by atoms with Gasteiger partial charge in [-0.2, -0.15) is 5.10 Å². The third kappa shape index (κ3) is 2.29. The number of nitrogens with zero attached hydrogens (tertiary/aromatic N) is 3. The molecule has 8 heteroatoms. The van der Waals surface area contributed by atoms with Gasteiger partial charge in [0.2, 0.25) is 0 Å². The van der Waals surface area contributed by atoms with Crippen molar-refractivity contribution in [2.24, 2.45) is 7.05 Å². The molecule has 1 saturated heterocycles. The van der Waals surface area contributed by atoms with E-state index in [0.717, 1.165) is 15.9 Å². The molecule has 114 valence electrons. The number of hydrogen-bond acceptors (Lipinski definition) is 6. The second kappa shape index (κ2) is 5.28. The number of aliphatic hydroxyl groups is 1. The number of nitrogen functional groups attached to an aromatic ring is 1. The first kappa shape index (κ1) is 14.3. The van der Waals surface area contributed by atoms with Crippen molar-refractivity contribution in [1.82, 2.24) is 14.7 Å². The standard InChI is InChI=1S/C13H18N4O3S/c1-7-9-10(14)11(21-13(9)16(2)15-7)12(19)17-3-4-20-8(5-17)6-18/h8,18H,3-6,14H2,1-2H3. The van der Waals surface area contributed by atoms with E-state index < -0.39 is 0 Å². The predicted octanol–water partition coefficient (Wildman–Crippen LogP) is 0.359. The first-order valence-electron chi connectivity index (χ1n) is 6.76. The highest BCUT2D eigenvalue weighted by Crippen LogP contribution is 2.36. The molecule has 1 aliphatic rings. The van der Waals surface area contributed by atoms with Crippen LogP contribution in [0.15, 0.2) is 0 Å². The van der Waals surface area contributed by atoms with E-state index in [1.165, 1.54) is 11.3 Å². The van der Waals surface area contributed by atoms with E-state index in [-0.39, 0.29) is 18.6 Å². The van der Waals surface area contributed by atoms with Gasteiger partial charge in [-0.05, 0) is 6.92 Å². The van der Waals surface area contributed by atoms with E-state index in [1.807, 2.05) is 14.0 Å². The Morgan fingerprint density at radius 3 is 3.05 bits per heavy atom. The lowest BCUT2D eigenvalue weighted by molar-refractivity contribution is -0.0445. The maximum Gasteiger partial charge on any atom is 0.266 e. The molecule has 1 aliphatic heterocycles. The maximum atomic E-state index is 12.7. The number of hydrogen-bond donors (Lipinski definition) is 2. The summed E-state index contributed by atoms with van der Waals surface area (Å²) in [7, 11) is 1.84. The molecule has 2 aromatic heterocycles. The average molecular weight is 310 g/mol. The number of carbonyl (C=O) groups excluding carboxylic acids is 1. The molecule has 1 unspecified atom stereocenters. The van der Waals surface area contributed by atoms with Crippen molar-refractivity contribution in [3.8, 4) is 0 Å². The molecule has 3 N–H and O–H groups in total. The zero-order valence-corrected chi connectivity index (χ0v) is 12.8. The highest BCUT2D eigenvalue weighted by atomic mass is 32.1. The fourth-order valence-corrected chi connectivity index (χ4v) is 3.80. The van der Waals surface area contributed by atoms with Crippen molar-refractivity contribution in [3.63, 3.8) is 0 Å². The molecule has 0 aromatic carbocycles. The minimum atomic E-state index is -0.318. The molecule has 2 aromatic rings. The summed E-state index contributed by atoms with van der Waals surface area (Å²) in [5, 5.41) is 14.4. The van der Waals surface area contributed by atoms with Crippen LogP contribution < -0.4 is 5.73 Å². The van der Waals surface area contributed by atoms with Crippen molar-refractivity contribution >= 4 is 33.1 Å². The Hall–Kier alpha value is -1.64. The van der Waals surface area contributed by atoms with Crippen LogP contribution in [0.1, 0.15) is 15.4 Å². The molecule has 21 heavy (non-hydrogen) atoms. The number of ether oxygens (including phenoxy) is 1. The SMILES string of the molecule is Cc1nn(C)c2sc(C(=O)N3CCOC(CO)C3)c(N)c12. The van der Waals surface area contributed by atoms with Crippen molar-refractivity contribution in [3.05, 3.63) is 10.6 Å². The minimum absolute atomic E-state index is 0.0886. The van der Waals surface area contributed by atoms with Crippen LogP contribution in [0.25, 0.3) is 10.2 Å². The summed E-state index contributed by atoms with van der Waals surface area (Å²) < 4.78 is 7.12. The summed E-state index contributed by atoms with van der Waals surface area (Å²) in [6.07, 6.45) is -0.318. The van der Waals surface area contributed by atoms with Gasteiger partial charge in [-0.15, -0.1) is 11.3 Å². The van der Waals surface area contributed by atoms with Gasteiger partial charge in [-0.3, -0.25) is 9.48 Å². The van der Waals surface area contributed by atoms with Gasteiger partial charge in [-0.25, -0.2) is 0 Å². The van der Waals surface area contributed by atoms with Gasteiger partial charge in [0.05, 0.1) is 36.1 Å². The number of aliphatic hydroxyl groups excluding tert-OH is 1. The van der Waals surface area contributed by atoms with E-state index in [2.05, 4.69) is 5.10 Å². The number of morpholine rings is 1. The van der Waals surface area contributed by atoms with Crippen LogP contribution in [-0.4, -0.2) is 58.1 Å². The lowest BCUT2D eigenvalue weighted by Crippen LogP contribution is -2.46. The quantitative estimate of drug-likeness (QED) is 0.835. The lowest BCUT2D eigenvalue weighted by atomic mass is 10.2. The topological polar surface area (TPSA) is 93.6 Å². The van der Waals surface area contributed by atoms with E-state index in [1.54, 1.807) is 9.58 Å². The molecule has 3 rings (SSSR count). The second-order valence-corrected chi connectivity index (χ2v) is 6.16. The Kier molecular flexibility index (Phi) is 3.60. The fraction of sp³-hybridized carbons (Fsp3) is 0.538. The van der Waals surface area contributed by atoms with Crippen LogP contribution in [0.5, 0.6) is 0 Å². The van der Waals surface area contributed by atoms with Crippen molar-refractivity contribution in [2.45, 2.75) is 13.0 Å². The van der Waals surface area contributed by atoms with Gasteiger partial charge in [-0.1, -0.05) is 0 Å². The third-order valence-corrected chi connectivity index (χ3v) is 4.97.